The predicted molar refractivity (Wildman–Crippen MR) is 115 cm³/mol. The Morgan fingerprint density at radius 3 is 2.39 bits per heavy atom. The molecule has 0 aromatic heterocycles. The quantitative estimate of drug-likeness (QED) is 0.481. The first-order chi connectivity index (χ1) is 13.2. The summed E-state index contributed by atoms with van der Waals surface area (Å²) in [6.07, 6.45) is 2.16. The van der Waals surface area contributed by atoms with Crippen LogP contribution in [0.5, 0.6) is 5.75 Å². The Hall–Kier alpha value is -2.36. The minimum absolute atomic E-state index is 0. The van der Waals surface area contributed by atoms with Crippen molar-refractivity contribution < 1.29 is 9.13 Å². The molecule has 0 bridgehead atoms. The molecule has 148 valence electrons. The highest BCUT2D eigenvalue weighted by molar-refractivity contribution is 5.85. The lowest BCUT2D eigenvalue weighted by atomic mass is 10.1. The van der Waals surface area contributed by atoms with Crippen LogP contribution in [0.15, 0.2) is 78.9 Å². The number of nitrogens with one attached hydrogen (secondary N) is 1. The summed E-state index contributed by atoms with van der Waals surface area (Å²) in [6, 6.07) is 25.6. The highest BCUT2D eigenvalue weighted by atomic mass is 35.5. The van der Waals surface area contributed by atoms with Gasteiger partial charge in [0.2, 0.25) is 0 Å². The lowest BCUT2D eigenvalue weighted by Crippen LogP contribution is -2.25. The van der Waals surface area contributed by atoms with E-state index in [1.165, 1.54) is 11.6 Å². The Morgan fingerprint density at radius 1 is 0.893 bits per heavy atom. The average molecular weight is 400 g/mol. The minimum Gasteiger partial charge on any atom is -0.489 e. The Bertz CT molecular complexity index is 841. The predicted octanol–water partition coefficient (Wildman–Crippen LogP) is 5.94. The lowest BCUT2D eigenvalue weighted by Gasteiger charge is -2.14. The van der Waals surface area contributed by atoms with Crippen LogP contribution in [-0.4, -0.2) is 6.04 Å². The number of halogens is 2. The Labute approximate surface area is 173 Å². The third-order valence-corrected chi connectivity index (χ3v) is 4.61. The molecule has 1 N–H and O–H groups in total. The molecule has 0 amide bonds. The summed E-state index contributed by atoms with van der Waals surface area (Å²) in [5.74, 6) is 0.525. The van der Waals surface area contributed by atoms with Gasteiger partial charge in [0, 0.05) is 18.2 Å². The summed E-state index contributed by atoms with van der Waals surface area (Å²) in [6.45, 7) is 3.23. The van der Waals surface area contributed by atoms with Crippen molar-refractivity contribution in [3.8, 4) is 5.75 Å². The minimum atomic E-state index is -0.234. The average Bonchev–Trinajstić information content (AvgIpc) is 2.71. The largest absolute Gasteiger partial charge is 0.489 e. The molecule has 3 aromatic rings. The SMILES string of the molecule is CC(CCc1ccccc1)NCc1cccc(OCc2ccccc2F)c1.Cl. The summed E-state index contributed by atoms with van der Waals surface area (Å²) in [4.78, 5) is 0. The molecular weight excluding hydrogens is 373 g/mol. The Morgan fingerprint density at radius 2 is 1.61 bits per heavy atom. The molecule has 1 unspecified atom stereocenters. The second kappa shape index (κ2) is 11.5. The molecule has 0 aliphatic rings. The number of benzene rings is 3. The first-order valence-corrected chi connectivity index (χ1v) is 9.43. The van der Waals surface area contributed by atoms with Gasteiger partial charge in [0.15, 0.2) is 0 Å². The highest BCUT2D eigenvalue weighted by Gasteiger charge is 2.05. The zero-order valence-corrected chi connectivity index (χ0v) is 16.9. The zero-order chi connectivity index (χ0) is 18.9. The molecule has 0 heterocycles. The third kappa shape index (κ3) is 6.99. The molecule has 0 saturated carbocycles. The van der Waals surface area contributed by atoms with Crippen molar-refractivity contribution in [1.29, 1.82) is 0 Å². The normalized spacial score (nSPS) is 11.5. The second-order valence-corrected chi connectivity index (χ2v) is 6.83. The van der Waals surface area contributed by atoms with Gasteiger partial charge in [-0.05, 0) is 49.1 Å². The van der Waals surface area contributed by atoms with E-state index in [0.717, 1.165) is 30.7 Å². The number of hydrogen-bond acceptors (Lipinski definition) is 2. The van der Waals surface area contributed by atoms with Gasteiger partial charge < -0.3 is 10.1 Å². The van der Waals surface area contributed by atoms with Crippen LogP contribution in [0, 0.1) is 5.82 Å². The van der Waals surface area contributed by atoms with Crippen LogP contribution < -0.4 is 10.1 Å². The highest BCUT2D eigenvalue weighted by Crippen LogP contribution is 2.17. The molecule has 28 heavy (non-hydrogen) atoms. The molecular formula is C24H27ClFNO. The van der Waals surface area contributed by atoms with Crippen molar-refractivity contribution >= 4 is 12.4 Å². The van der Waals surface area contributed by atoms with Crippen molar-refractivity contribution in [3.63, 3.8) is 0 Å². The second-order valence-electron chi connectivity index (χ2n) is 6.83. The van der Waals surface area contributed by atoms with Gasteiger partial charge in [-0.25, -0.2) is 4.39 Å². The first-order valence-electron chi connectivity index (χ1n) is 9.43. The van der Waals surface area contributed by atoms with E-state index in [2.05, 4.69) is 42.6 Å². The van der Waals surface area contributed by atoms with Gasteiger partial charge in [-0.2, -0.15) is 0 Å². The number of aryl methyl sites for hydroxylation is 1. The fourth-order valence-corrected chi connectivity index (χ4v) is 2.94. The standard InChI is InChI=1S/C24H26FNO.ClH/c1-19(14-15-20-8-3-2-4-9-20)26-17-21-10-7-12-23(16-21)27-18-22-11-5-6-13-24(22)25;/h2-13,16,19,26H,14-15,17-18H2,1H3;1H. The van der Waals surface area contributed by atoms with Gasteiger partial charge in [-0.15, -0.1) is 12.4 Å². The summed E-state index contributed by atoms with van der Waals surface area (Å²) >= 11 is 0. The van der Waals surface area contributed by atoms with Gasteiger partial charge >= 0.3 is 0 Å². The van der Waals surface area contributed by atoms with Gasteiger partial charge in [-0.1, -0.05) is 60.7 Å². The van der Waals surface area contributed by atoms with Crippen LogP contribution in [0.3, 0.4) is 0 Å². The van der Waals surface area contributed by atoms with Crippen LogP contribution >= 0.6 is 12.4 Å². The maximum Gasteiger partial charge on any atom is 0.129 e. The van der Waals surface area contributed by atoms with Crippen LogP contribution in [0.4, 0.5) is 4.39 Å². The molecule has 0 radical (unpaired) electrons. The summed E-state index contributed by atoms with van der Waals surface area (Å²) < 4.78 is 19.4. The molecule has 0 spiro atoms. The maximum atomic E-state index is 13.7. The summed E-state index contributed by atoms with van der Waals surface area (Å²) in [5.41, 5.74) is 3.10. The van der Waals surface area contributed by atoms with E-state index >= 15 is 0 Å². The van der Waals surface area contributed by atoms with Crippen LogP contribution in [0.25, 0.3) is 0 Å². The lowest BCUT2D eigenvalue weighted by molar-refractivity contribution is 0.299. The van der Waals surface area contributed by atoms with Crippen LogP contribution in [0.2, 0.25) is 0 Å². The number of hydrogen-bond donors (Lipinski definition) is 1. The molecule has 3 rings (SSSR count). The fraction of sp³-hybridized carbons (Fsp3) is 0.250. The molecule has 1 atom stereocenters. The number of rotatable bonds is 9. The molecule has 0 fully saturated rings. The van der Waals surface area contributed by atoms with Crippen molar-refractivity contribution in [3.05, 3.63) is 101 Å². The zero-order valence-electron chi connectivity index (χ0n) is 16.1. The molecule has 0 aliphatic heterocycles. The van der Waals surface area contributed by atoms with Gasteiger partial charge in [0.05, 0.1) is 0 Å². The first kappa shape index (κ1) is 21.9. The maximum absolute atomic E-state index is 13.7. The van der Waals surface area contributed by atoms with E-state index in [9.17, 15) is 4.39 Å². The van der Waals surface area contributed by atoms with E-state index in [4.69, 9.17) is 4.74 Å². The monoisotopic (exact) mass is 399 g/mol. The van der Waals surface area contributed by atoms with Gasteiger partial charge in [0.1, 0.15) is 18.2 Å². The topological polar surface area (TPSA) is 21.3 Å². The van der Waals surface area contributed by atoms with Crippen LogP contribution in [0.1, 0.15) is 30.0 Å². The van der Waals surface area contributed by atoms with E-state index in [0.29, 0.717) is 11.6 Å². The van der Waals surface area contributed by atoms with E-state index < -0.39 is 0 Å². The summed E-state index contributed by atoms with van der Waals surface area (Å²) in [5, 5.41) is 3.56. The molecule has 2 nitrogen and oxygen atoms in total. The van der Waals surface area contributed by atoms with Crippen molar-refractivity contribution in [1.82, 2.24) is 5.32 Å². The van der Waals surface area contributed by atoms with Gasteiger partial charge in [0.25, 0.3) is 0 Å². The van der Waals surface area contributed by atoms with Crippen LogP contribution in [-0.2, 0) is 19.6 Å². The molecule has 3 aromatic carbocycles. The van der Waals surface area contributed by atoms with E-state index in [-0.39, 0.29) is 24.8 Å². The van der Waals surface area contributed by atoms with Gasteiger partial charge in [-0.3, -0.25) is 0 Å². The molecule has 0 aliphatic carbocycles. The van der Waals surface area contributed by atoms with Crippen molar-refractivity contribution in [2.75, 3.05) is 0 Å². The van der Waals surface area contributed by atoms with E-state index in [1.807, 2.05) is 30.3 Å². The third-order valence-electron chi connectivity index (χ3n) is 4.61. The Balaban J connectivity index is 0.00000280. The smallest absolute Gasteiger partial charge is 0.129 e. The summed E-state index contributed by atoms with van der Waals surface area (Å²) in [7, 11) is 0. The molecule has 0 saturated heterocycles. The van der Waals surface area contributed by atoms with Crippen molar-refractivity contribution in [2.24, 2.45) is 0 Å². The number of ether oxygens (including phenoxy) is 1. The van der Waals surface area contributed by atoms with E-state index in [1.54, 1.807) is 12.1 Å². The molecule has 4 heteroatoms. The fourth-order valence-electron chi connectivity index (χ4n) is 2.94. The Kier molecular flexibility index (Phi) is 8.99. The van der Waals surface area contributed by atoms with Crippen molar-refractivity contribution in [2.45, 2.75) is 39.0 Å².